The maximum atomic E-state index is 13.9. The number of ether oxygens (including phenoxy) is 2. The fourth-order valence-electron chi connectivity index (χ4n) is 7.05. The highest BCUT2D eigenvalue weighted by atomic mass is 16.6. The zero-order valence-electron chi connectivity index (χ0n) is 20.7. The van der Waals surface area contributed by atoms with Crippen molar-refractivity contribution in [3.05, 3.63) is 47.0 Å². The Hall–Kier alpha value is -2.43. The molecule has 1 aromatic carbocycles. The number of aliphatic hydroxyl groups is 4. The average molecular weight is 501 g/mol. The summed E-state index contributed by atoms with van der Waals surface area (Å²) >= 11 is 0. The number of carbonyl (C=O) groups excluding carboxylic acids is 3. The molecule has 36 heavy (non-hydrogen) atoms. The molecule has 0 amide bonds. The second kappa shape index (κ2) is 7.79. The summed E-state index contributed by atoms with van der Waals surface area (Å²) in [6, 6.07) is 8.06. The van der Waals surface area contributed by atoms with Crippen LogP contribution in [0.4, 0.5) is 0 Å². The highest BCUT2D eigenvalue weighted by Gasteiger charge is 2.76. The van der Waals surface area contributed by atoms with Gasteiger partial charge in [0.05, 0.1) is 35.9 Å². The summed E-state index contributed by atoms with van der Waals surface area (Å²) in [6.07, 6.45) is -5.60. The molecular weight excluding hydrogens is 468 g/mol. The van der Waals surface area contributed by atoms with Crippen molar-refractivity contribution in [2.75, 3.05) is 6.61 Å². The maximum absolute atomic E-state index is 13.9. The Kier molecular flexibility index (Phi) is 5.46. The van der Waals surface area contributed by atoms with Gasteiger partial charge in [-0.2, -0.15) is 0 Å². The van der Waals surface area contributed by atoms with Gasteiger partial charge in [-0.3, -0.25) is 9.59 Å². The van der Waals surface area contributed by atoms with Gasteiger partial charge in [-0.15, -0.1) is 0 Å². The highest BCUT2D eigenvalue weighted by Crippen LogP contribution is 2.62. The fourth-order valence-corrected chi connectivity index (χ4v) is 7.05. The lowest BCUT2D eigenvalue weighted by molar-refractivity contribution is -0.341. The minimum absolute atomic E-state index is 0.0691. The molecule has 9 nitrogen and oxygen atoms in total. The molecule has 0 unspecified atom stereocenters. The molecule has 0 aromatic heterocycles. The van der Waals surface area contributed by atoms with E-state index in [-0.39, 0.29) is 36.2 Å². The number of esters is 1. The molecule has 4 N–H and O–H groups in total. The number of hydrogen-bond donors (Lipinski definition) is 4. The van der Waals surface area contributed by atoms with Gasteiger partial charge in [-0.25, -0.2) is 4.79 Å². The van der Waals surface area contributed by atoms with Crippen molar-refractivity contribution in [1.29, 1.82) is 0 Å². The molecular formula is C27H32O9. The van der Waals surface area contributed by atoms with E-state index in [9.17, 15) is 34.8 Å². The maximum Gasteiger partial charge on any atom is 0.338 e. The van der Waals surface area contributed by atoms with Crippen molar-refractivity contribution in [3.8, 4) is 0 Å². The molecule has 0 spiro atoms. The van der Waals surface area contributed by atoms with Gasteiger partial charge in [0, 0.05) is 29.7 Å². The van der Waals surface area contributed by atoms with Crippen molar-refractivity contribution < 1.29 is 44.3 Å². The van der Waals surface area contributed by atoms with Crippen LogP contribution >= 0.6 is 0 Å². The minimum atomic E-state index is -2.08. The van der Waals surface area contributed by atoms with E-state index in [0.29, 0.717) is 0 Å². The quantitative estimate of drug-likeness (QED) is 0.340. The van der Waals surface area contributed by atoms with E-state index in [1.54, 1.807) is 32.0 Å². The van der Waals surface area contributed by atoms with E-state index in [2.05, 4.69) is 0 Å². The number of rotatable bonds is 2. The number of aliphatic hydroxyl groups excluding tert-OH is 2. The molecule has 2 bridgehead atoms. The number of fused-ring (bicyclic) bond motifs is 5. The van der Waals surface area contributed by atoms with Gasteiger partial charge in [0.2, 0.25) is 11.6 Å². The first-order chi connectivity index (χ1) is 16.7. The van der Waals surface area contributed by atoms with Crippen molar-refractivity contribution in [3.63, 3.8) is 0 Å². The summed E-state index contributed by atoms with van der Waals surface area (Å²) in [6.45, 7) is 5.80. The SMILES string of the molecule is CC1=C2C(=O)C(=O)[C@@]3(C)[C@H]([C@H](OC(=O)c4ccccc4)[C@](O)(C[C@@H]1O)C2(C)C)[C@]1(O)CO[C@@H]1C[C@@H]3O. The molecule has 5 rings (SSSR count). The summed E-state index contributed by atoms with van der Waals surface area (Å²) in [5.41, 5.74) is -6.85. The third-order valence-corrected chi connectivity index (χ3v) is 9.43. The lowest BCUT2D eigenvalue weighted by atomic mass is 9.45. The molecule has 3 aliphatic carbocycles. The molecule has 1 saturated heterocycles. The van der Waals surface area contributed by atoms with Gasteiger partial charge < -0.3 is 29.9 Å². The average Bonchev–Trinajstić information content (AvgIpc) is 2.83. The Labute approximate surface area is 208 Å². The van der Waals surface area contributed by atoms with Gasteiger partial charge in [0.25, 0.3) is 0 Å². The van der Waals surface area contributed by atoms with Crippen LogP contribution in [0.25, 0.3) is 0 Å². The summed E-state index contributed by atoms with van der Waals surface area (Å²) < 4.78 is 11.5. The number of Topliss-reactive ketones (excluding diaryl/α,β-unsaturated/α-hetero) is 2. The largest absolute Gasteiger partial charge is 0.455 e. The second-order valence-electron chi connectivity index (χ2n) is 11.5. The van der Waals surface area contributed by atoms with E-state index in [4.69, 9.17) is 9.47 Å². The van der Waals surface area contributed by atoms with E-state index in [1.165, 1.54) is 26.0 Å². The predicted octanol–water partition coefficient (Wildman–Crippen LogP) is 0.719. The molecule has 1 aliphatic heterocycles. The standard InChI is InChI=1S/C27H32O9/c1-13-15(28)11-27(34)22(36-23(32)14-8-6-5-7-9-14)20-25(4,16(29)10-17-26(20,33)12-35-17)21(31)19(30)18(13)24(27,2)3/h5-9,15-17,20,22,28-29,33-34H,10-12H2,1-4H3/t15-,16-,17+,20-,22-,25+,26-,27+/m0/s1. The number of benzene rings is 1. The minimum Gasteiger partial charge on any atom is -0.455 e. The Balaban J connectivity index is 1.79. The van der Waals surface area contributed by atoms with E-state index >= 15 is 0 Å². The van der Waals surface area contributed by atoms with Gasteiger partial charge in [-0.1, -0.05) is 32.0 Å². The smallest absolute Gasteiger partial charge is 0.338 e. The van der Waals surface area contributed by atoms with E-state index in [1.807, 2.05) is 0 Å². The molecule has 1 heterocycles. The van der Waals surface area contributed by atoms with Gasteiger partial charge in [-0.05, 0) is 31.6 Å². The summed E-state index contributed by atoms with van der Waals surface area (Å²) in [5, 5.41) is 46.3. The van der Waals surface area contributed by atoms with Crippen molar-refractivity contribution in [2.45, 2.75) is 76.2 Å². The van der Waals surface area contributed by atoms with Crippen LogP contribution in [0.15, 0.2) is 41.5 Å². The summed E-state index contributed by atoms with van der Waals surface area (Å²) in [7, 11) is 0. The van der Waals surface area contributed by atoms with Crippen LogP contribution in [0.2, 0.25) is 0 Å². The zero-order chi connectivity index (χ0) is 26.4. The van der Waals surface area contributed by atoms with E-state index < -0.39 is 69.9 Å². The first-order valence-corrected chi connectivity index (χ1v) is 12.2. The van der Waals surface area contributed by atoms with E-state index in [0.717, 1.165) is 0 Å². The Bertz CT molecular complexity index is 1170. The first-order valence-electron chi connectivity index (χ1n) is 12.2. The number of hydrogen-bond acceptors (Lipinski definition) is 9. The summed E-state index contributed by atoms with van der Waals surface area (Å²) in [5.74, 6) is -4.10. The summed E-state index contributed by atoms with van der Waals surface area (Å²) in [4.78, 5) is 41.0. The molecule has 3 fully saturated rings. The Morgan fingerprint density at radius 3 is 2.31 bits per heavy atom. The molecule has 2 saturated carbocycles. The van der Waals surface area contributed by atoms with Gasteiger partial charge >= 0.3 is 5.97 Å². The lowest BCUT2D eigenvalue weighted by Gasteiger charge is -2.66. The fraction of sp³-hybridized carbons (Fsp3) is 0.593. The topological polar surface area (TPSA) is 151 Å². The third kappa shape index (κ3) is 2.98. The number of ketones is 2. The normalized spacial score (nSPS) is 43.5. The van der Waals surface area contributed by atoms with Crippen LogP contribution in [0.1, 0.15) is 50.9 Å². The van der Waals surface area contributed by atoms with Crippen molar-refractivity contribution in [1.82, 2.24) is 0 Å². The van der Waals surface area contributed by atoms with Crippen LogP contribution in [0.5, 0.6) is 0 Å². The molecule has 194 valence electrons. The van der Waals surface area contributed by atoms with Crippen molar-refractivity contribution in [2.24, 2.45) is 16.7 Å². The van der Waals surface area contributed by atoms with Crippen LogP contribution < -0.4 is 0 Å². The van der Waals surface area contributed by atoms with Crippen molar-refractivity contribution >= 4 is 17.5 Å². The lowest BCUT2D eigenvalue weighted by Crippen LogP contribution is -2.80. The van der Waals surface area contributed by atoms with Gasteiger partial charge in [0.1, 0.15) is 17.3 Å². The Morgan fingerprint density at radius 2 is 1.72 bits per heavy atom. The Morgan fingerprint density at radius 1 is 1.08 bits per heavy atom. The van der Waals surface area contributed by atoms with Crippen LogP contribution in [-0.2, 0) is 19.1 Å². The highest BCUT2D eigenvalue weighted by molar-refractivity contribution is 6.46. The molecule has 4 aliphatic rings. The second-order valence-corrected chi connectivity index (χ2v) is 11.5. The molecule has 1 aromatic rings. The molecule has 9 heteroatoms. The van der Waals surface area contributed by atoms with Crippen LogP contribution in [0, 0.1) is 16.7 Å². The third-order valence-electron chi connectivity index (χ3n) is 9.43. The predicted molar refractivity (Wildman–Crippen MR) is 125 cm³/mol. The number of carbonyl (C=O) groups is 3. The zero-order valence-corrected chi connectivity index (χ0v) is 20.7. The monoisotopic (exact) mass is 500 g/mol. The van der Waals surface area contributed by atoms with Crippen LogP contribution in [0.3, 0.4) is 0 Å². The van der Waals surface area contributed by atoms with Gasteiger partial charge in [0.15, 0.2) is 0 Å². The molecule has 0 radical (unpaired) electrons. The first kappa shape index (κ1) is 25.2. The van der Waals surface area contributed by atoms with Crippen LogP contribution in [-0.4, -0.2) is 80.2 Å². The molecule has 8 atom stereocenters.